The van der Waals surface area contributed by atoms with Crippen molar-refractivity contribution in [1.82, 2.24) is 0 Å². The Morgan fingerprint density at radius 2 is 1.50 bits per heavy atom. The molecule has 0 unspecified atom stereocenters. The number of imide groups is 1. The van der Waals surface area contributed by atoms with Crippen LogP contribution in [0.3, 0.4) is 0 Å². The van der Waals surface area contributed by atoms with E-state index < -0.39 is 0 Å². The Labute approximate surface area is 130 Å². The number of allylic oxidation sites excluding steroid dienone is 2. The summed E-state index contributed by atoms with van der Waals surface area (Å²) in [6.07, 6.45) is 5.64. The van der Waals surface area contributed by atoms with Gasteiger partial charge in [0, 0.05) is 0 Å². The van der Waals surface area contributed by atoms with Crippen molar-refractivity contribution in [3.63, 3.8) is 0 Å². The normalized spacial score (nSPS) is 40.9. The molecule has 4 aliphatic carbocycles. The van der Waals surface area contributed by atoms with E-state index in [2.05, 4.69) is 12.2 Å². The summed E-state index contributed by atoms with van der Waals surface area (Å²) in [7, 11) is 0. The Morgan fingerprint density at radius 3 is 2.05 bits per heavy atom. The number of carbonyl (C=O) groups is 2. The van der Waals surface area contributed by atoms with Crippen molar-refractivity contribution in [1.29, 1.82) is 0 Å². The number of benzene rings is 1. The second kappa shape index (κ2) is 3.89. The fraction of sp³-hybridized carbons (Fsp3) is 0.474. The summed E-state index contributed by atoms with van der Waals surface area (Å²) in [4.78, 5) is 27.4. The largest absolute Gasteiger partial charge is 0.274 e. The third kappa shape index (κ3) is 1.37. The molecule has 3 fully saturated rings. The van der Waals surface area contributed by atoms with Crippen LogP contribution in [0.4, 0.5) is 5.69 Å². The highest BCUT2D eigenvalue weighted by molar-refractivity contribution is 6.22. The van der Waals surface area contributed by atoms with Gasteiger partial charge >= 0.3 is 0 Å². The Morgan fingerprint density at radius 1 is 0.909 bits per heavy atom. The van der Waals surface area contributed by atoms with Crippen LogP contribution in [-0.4, -0.2) is 11.8 Å². The number of carbonyl (C=O) groups excluding carboxylic acids is 2. The van der Waals surface area contributed by atoms with Crippen LogP contribution in [0, 0.1) is 49.4 Å². The number of hydrogen-bond acceptors (Lipinski definition) is 2. The van der Waals surface area contributed by atoms with Crippen molar-refractivity contribution in [2.45, 2.75) is 20.3 Å². The lowest BCUT2D eigenvalue weighted by Gasteiger charge is -2.37. The highest BCUT2D eigenvalue weighted by Crippen LogP contribution is 2.65. The highest BCUT2D eigenvalue weighted by Gasteiger charge is 2.67. The Kier molecular flexibility index (Phi) is 2.23. The van der Waals surface area contributed by atoms with E-state index in [0.29, 0.717) is 23.7 Å². The zero-order chi connectivity index (χ0) is 15.2. The third-order valence-electron chi connectivity index (χ3n) is 6.41. The molecule has 0 aromatic heterocycles. The summed E-state index contributed by atoms with van der Waals surface area (Å²) >= 11 is 0. The van der Waals surface area contributed by atoms with Gasteiger partial charge in [0.2, 0.25) is 11.8 Å². The molecule has 112 valence electrons. The molecule has 0 spiro atoms. The molecule has 1 aromatic carbocycles. The van der Waals surface area contributed by atoms with E-state index in [1.165, 1.54) is 16.9 Å². The Hall–Kier alpha value is -1.90. The first-order chi connectivity index (χ1) is 10.6. The van der Waals surface area contributed by atoms with E-state index in [-0.39, 0.29) is 23.7 Å². The smallest absolute Gasteiger partial charge is 0.238 e. The van der Waals surface area contributed by atoms with Crippen LogP contribution in [0.2, 0.25) is 0 Å². The second-order valence-corrected chi connectivity index (χ2v) is 7.44. The van der Waals surface area contributed by atoms with Gasteiger partial charge in [0.25, 0.3) is 0 Å². The first kappa shape index (κ1) is 12.6. The number of anilines is 1. The molecule has 2 saturated carbocycles. The summed E-state index contributed by atoms with van der Waals surface area (Å²) in [5.41, 5.74) is 3.06. The van der Waals surface area contributed by atoms with Crippen LogP contribution in [0.25, 0.3) is 0 Å². The van der Waals surface area contributed by atoms with E-state index in [1.807, 2.05) is 32.0 Å². The lowest BCUT2D eigenvalue weighted by atomic mass is 9.63. The second-order valence-electron chi connectivity index (χ2n) is 7.44. The van der Waals surface area contributed by atoms with Crippen molar-refractivity contribution < 1.29 is 9.59 Å². The lowest BCUT2D eigenvalue weighted by Crippen LogP contribution is -2.40. The molecular formula is C19H19NO2. The van der Waals surface area contributed by atoms with Gasteiger partial charge in [-0.05, 0) is 67.2 Å². The van der Waals surface area contributed by atoms with E-state index in [4.69, 9.17) is 0 Å². The average Bonchev–Trinajstić information content (AvgIpc) is 3.28. The molecule has 6 rings (SSSR count). The molecule has 3 heteroatoms. The van der Waals surface area contributed by atoms with Crippen LogP contribution < -0.4 is 4.90 Å². The Balaban J connectivity index is 1.58. The molecule has 2 amide bonds. The molecule has 6 atom stereocenters. The zero-order valence-electron chi connectivity index (χ0n) is 12.8. The average molecular weight is 293 g/mol. The van der Waals surface area contributed by atoms with Crippen molar-refractivity contribution in [3.8, 4) is 0 Å². The molecule has 2 bridgehead atoms. The molecule has 1 heterocycles. The van der Waals surface area contributed by atoms with Crippen LogP contribution in [0.5, 0.6) is 0 Å². The van der Waals surface area contributed by atoms with Gasteiger partial charge in [0.05, 0.1) is 17.5 Å². The summed E-state index contributed by atoms with van der Waals surface area (Å²) < 4.78 is 0. The molecule has 1 aliphatic heterocycles. The SMILES string of the molecule is Cc1ccc(N2C(=O)[C@@H]3[C@H]4C=C[C@H]([C@H]5C[C@H]45)[C@@H]3C2=O)cc1C. The molecule has 1 aromatic rings. The molecular weight excluding hydrogens is 274 g/mol. The third-order valence-corrected chi connectivity index (χ3v) is 6.41. The summed E-state index contributed by atoms with van der Waals surface area (Å²) in [6.45, 7) is 4.07. The molecule has 3 nitrogen and oxygen atoms in total. The van der Waals surface area contributed by atoms with Crippen molar-refractivity contribution >= 4 is 17.5 Å². The fourth-order valence-electron chi connectivity index (χ4n) is 5.08. The number of rotatable bonds is 1. The van der Waals surface area contributed by atoms with Gasteiger partial charge in [-0.1, -0.05) is 18.2 Å². The lowest BCUT2D eigenvalue weighted by molar-refractivity contribution is -0.124. The van der Waals surface area contributed by atoms with Gasteiger partial charge in [-0.25, -0.2) is 0 Å². The van der Waals surface area contributed by atoms with E-state index in [1.54, 1.807) is 0 Å². The highest BCUT2D eigenvalue weighted by atomic mass is 16.2. The maximum absolute atomic E-state index is 13.0. The predicted molar refractivity (Wildman–Crippen MR) is 83.1 cm³/mol. The van der Waals surface area contributed by atoms with Gasteiger partial charge in [0.15, 0.2) is 0 Å². The van der Waals surface area contributed by atoms with Crippen molar-refractivity contribution in [3.05, 3.63) is 41.5 Å². The number of amides is 2. The Bertz CT molecular complexity index is 714. The molecule has 0 N–H and O–H groups in total. The minimum Gasteiger partial charge on any atom is -0.274 e. The minimum absolute atomic E-state index is 0.0305. The molecule has 1 saturated heterocycles. The number of hydrogen-bond donors (Lipinski definition) is 0. The fourth-order valence-corrected chi connectivity index (χ4v) is 5.08. The first-order valence-corrected chi connectivity index (χ1v) is 8.21. The van der Waals surface area contributed by atoms with E-state index in [0.717, 1.165) is 11.3 Å². The van der Waals surface area contributed by atoms with Crippen molar-refractivity contribution in [2.75, 3.05) is 4.90 Å². The molecule has 22 heavy (non-hydrogen) atoms. The van der Waals surface area contributed by atoms with E-state index in [9.17, 15) is 9.59 Å². The molecule has 0 radical (unpaired) electrons. The zero-order valence-corrected chi connectivity index (χ0v) is 12.8. The summed E-state index contributed by atoms with van der Waals surface area (Å²) in [5, 5.41) is 0. The standard InChI is InChI=1S/C19H19NO2/c1-9-3-4-11(7-10(9)2)20-18(21)16-12-5-6-13(15-8-14(12)15)17(16)19(20)22/h3-7,12-17H,8H2,1-2H3/t12-,13+,14-,15-,16+,17-/m1/s1. The minimum atomic E-state index is -0.104. The first-order valence-electron chi connectivity index (χ1n) is 8.21. The topological polar surface area (TPSA) is 37.4 Å². The van der Waals surface area contributed by atoms with Crippen molar-refractivity contribution in [2.24, 2.45) is 35.5 Å². The van der Waals surface area contributed by atoms with Gasteiger partial charge < -0.3 is 0 Å². The monoisotopic (exact) mass is 293 g/mol. The molecule has 5 aliphatic rings. The number of aryl methyl sites for hydroxylation is 2. The number of nitrogens with zero attached hydrogens (tertiary/aromatic N) is 1. The van der Waals surface area contributed by atoms with Crippen LogP contribution in [0.15, 0.2) is 30.4 Å². The predicted octanol–water partition coefficient (Wildman–Crippen LogP) is 2.86. The van der Waals surface area contributed by atoms with Gasteiger partial charge in [0.1, 0.15) is 0 Å². The maximum atomic E-state index is 13.0. The van der Waals surface area contributed by atoms with E-state index >= 15 is 0 Å². The summed E-state index contributed by atoms with van der Waals surface area (Å²) in [5.74, 6) is 1.77. The maximum Gasteiger partial charge on any atom is 0.238 e. The van der Waals surface area contributed by atoms with Gasteiger partial charge in [-0.3, -0.25) is 14.5 Å². The van der Waals surface area contributed by atoms with Crippen LogP contribution in [-0.2, 0) is 9.59 Å². The van der Waals surface area contributed by atoms with Gasteiger partial charge in [-0.15, -0.1) is 0 Å². The quantitative estimate of drug-likeness (QED) is 0.590. The van der Waals surface area contributed by atoms with Gasteiger partial charge in [-0.2, -0.15) is 0 Å². The summed E-state index contributed by atoms with van der Waals surface area (Å²) in [6, 6.07) is 5.88. The van der Waals surface area contributed by atoms with Crippen LogP contribution >= 0.6 is 0 Å². The van der Waals surface area contributed by atoms with Crippen LogP contribution in [0.1, 0.15) is 17.5 Å².